The first kappa shape index (κ1) is 14.7. The van der Waals surface area contributed by atoms with E-state index in [0.717, 1.165) is 18.7 Å². The van der Waals surface area contributed by atoms with Crippen LogP contribution in [-0.4, -0.2) is 17.9 Å². The zero-order valence-corrected chi connectivity index (χ0v) is 12.3. The third-order valence-corrected chi connectivity index (χ3v) is 3.87. The number of rotatable bonds is 6. The van der Waals surface area contributed by atoms with Gasteiger partial charge < -0.3 is 0 Å². The van der Waals surface area contributed by atoms with Crippen LogP contribution in [-0.2, 0) is 24.3 Å². The zero-order chi connectivity index (χ0) is 14.4. The van der Waals surface area contributed by atoms with E-state index in [1.807, 2.05) is 12.1 Å². The number of hydrogen-bond donors (Lipinski definition) is 2. The number of carbonyl (C=O) groups excluding carboxylic acids is 1. The topological polar surface area (TPSA) is 58.4 Å². The van der Waals surface area contributed by atoms with Crippen molar-refractivity contribution in [1.29, 1.82) is 0 Å². The summed E-state index contributed by atoms with van der Waals surface area (Å²) in [5.41, 5.74) is 4.35. The SMILES string of the molecule is CN(Cc1ccc(CC(=O)NN)cc1)Cc1cccs1. The Balaban J connectivity index is 1.88. The molecular weight excluding hydrogens is 270 g/mol. The van der Waals surface area contributed by atoms with Gasteiger partial charge in [-0.15, -0.1) is 11.3 Å². The maximum atomic E-state index is 11.2. The van der Waals surface area contributed by atoms with Crippen LogP contribution in [0.2, 0.25) is 0 Å². The minimum absolute atomic E-state index is 0.174. The van der Waals surface area contributed by atoms with Crippen LogP contribution in [0.4, 0.5) is 0 Å². The fourth-order valence-corrected chi connectivity index (χ4v) is 2.82. The molecule has 3 N–H and O–H groups in total. The van der Waals surface area contributed by atoms with Gasteiger partial charge in [0, 0.05) is 18.0 Å². The third-order valence-electron chi connectivity index (χ3n) is 3.01. The van der Waals surface area contributed by atoms with Gasteiger partial charge in [-0.25, -0.2) is 5.84 Å². The van der Waals surface area contributed by atoms with Crippen LogP contribution in [0.15, 0.2) is 41.8 Å². The Labute approximate surface area is 123 Å². The molecule has 1 aromatic carbocycles. The number of nitrogens with two attached hydrogens (primary N) is 1. The number of nitrogens with one attached hydrogen (secondary N) is 1. The Hall–Kier alpha value is -1.69. The molecule has 0 aliphatic carbocycles. The van der Waals surface area contributed by atoms with Gasteiger partial charge in [0.05, 0.1) is 6.42 Å². The molecule has 0 aliphatic rings. The van der Waals surface area contributed by atoms with E-state index in [9.17, 15) is 4.79 Å². The molecule has 106 valence electrons. The van der Waals surface area contributed by atoms with Gasteiger partial charge in [0.15, 0.2) is 0 Å². The highest BCUT2D eigenvalue weighted by atomic mass is 32.1. The van der Waals surface area contributed by atoms with Crippen molar-refractivity contribution in [1.82, 2.24) is 10.3 Å². The van der Waals surface area contributed by atoms with Crippen LogP contribution in [0.5, 0.6) is 0 Å². The molecule has 1 aromatic heterocycles. The Morgan fingerprint density at radius 2 is 1.90 bits per heavy atom. The number of hydrogen-bond acceptors (Lipinski definition) is 4. The molecule has 0 atom stereocenters. The number of amides is 1. The lowest BCUT2D eigenvalue weighted by atomic mass is 10.1. The molecule has 5 heteroatoms. The maximum Gasteiger partial charge on any atom is 0.238 e. The second-order valence-corrected chi connectivity index (χ2v) is 5.84. The van der Waals surface area contributed by atoms with Gasteiger partial charge in [0.2, 0.25) is 5.91 Å². The van der Waals surface area contributed by atoms with E-state index < -0.39 is 0 Å². The van der Waals surface area contributed by atoms with Crippen LogP contribution in [0.1, 0.15) is 16.0 Å². The molecule has 0 unspecified atom stereocenters. The van der Waals surface area contributed by atoms with E-state index in [1.54, 1.807) is 11.3 Å². The van der Waals surface area contributed by atoms with Gasteiger partial charge in [-0.2, -0.15) is 0 Å². The Morgan fingerprint density at radius 1 is 1.20 bits per heavy atom. The molecule has 1 heterocycles. The second-order valence-electron chi connectivity index (χ2n) is 4.81. The van der Waals surface area contributed by atoms with E-state index in [-0.39, 0.29) is 5.91 Å². The van der Waals surface area contributed by atoms with E-state index in [4.69, 9.17) is 5.84 Å². The van der Waals surface area contributed by atoms with E-state index >= 15 is 0 Å². The first-order valence-electron chi connectivity index (χ1n) is 6.45. The largest absolute Gasteiger partial charge is 0.297 e. The molecule has 4 nitrogen and oxygen atoms in total. The first-order valence-corrected chi connectivity index (χ1v) is 7.33. The van der Waals surface area contributed by atoms with Crippen LogP contribution in [0, 0.1) is 0 Å². The Bertz CT molecular complexity index is 537. The molecule has 0 spiro atoms. The van der Waals surface area contributed by atoms with E-state index in [2.05, 4.69) is 47.0 Å². The fourth-order valence-electron chi connectivity index (χ4n) is 2.04. The van der Waals surface area contributed by atoms with Gasteiger partial charge in [-0.1, -0.05) is 30.3 Å². The molecule has 0 aliphatic heterocycles. The molecule has 2 rings (SSSR count). The average molecular weight is 289 g/mol. The predicted molar refractivity (Wildman–Crippen MR) is 82.0 cm³/mol. The lowest BCUT2D eigenvalue weighted by Gasteiger charge is -2.15. The number of benzene rings is 1. The van der Waals surface area contributed by atoms with Crippen molar-refractivity contribution in [3.63, 3.8) is 0 Å². The molecule has 0 bridgehead atoms. The minimum atomic E-state index is -0.174. The van der Waals surface area contributed by atoms with Crippen molar-refractivity contribution in [2.45, 2.75) is 19.5 Å². The molecule has 0 saturated heterocycles. The number of hydrazine groups is 1. The average Bonchev–Trinajstić information content (AvgIpc) is 2.93. The van der Waals surface area contributed by atoms with E-state index in [1.165, 1.54) is 10.4 Å². The lowest BCUT2D eigenvalue weighted by Crippen LogP contribution is -2.31. The smallest absolute Gasteiger partial charge is 0.238 e. The predicted octanol–water partition coefficient (Wildman–Crippen LogP) is 1.91. The molecule has 0 fully saturated rings. The summed E-state index contributed by atoms with van der Waals surface area (Å²) in [5.74, 6) is 4.90. The van der Waals surface area contributed by atoms with Crippen LogP contribution in [0.3, 0.4) is 0 Å². The summed E-state index contributed by atoms with van der Waals surface area (Å²) in [7, 11) is 2.11. The van der Waals surface area contributed by atoms with Crippen LogP contribution < -0.4 is 11.3 Å². The number of carbonyl (C=O) groups is 1. The van der Waals surface area contributed by atoms with Gasteiger partial charge in [-0.3, -0.25) is 15.1 Å². The highest BCUT2D eigenvalue weighted by molar-refractivity contribution is 7.09. The molecule has 0 saturated carbocycles. The second kappa shape index (κ2) is 7.19. The monoisotopic (exact) mass is 289 g/mol. The summed E-state index contributed by atoms with van der Waals surface area (Å²) in [5, 5.41) is 2.10. The minimum Gasteiger partial charge on any atom is -0.297 e. The normalized spacial score (nSPS) is 10.8. The van der Waals surface area contributed by atoms with Crippen LogP contribution >= 0.6 is 11.3 Å². The van der Waals surface area contributed by atoms with Crippen molar-refractivity contribution < 1.29 is 4.79 Å². The highest BCUT2D eigenvalue weighted by Crippen LogP contribution is 2.13. The summed E-state index contributed by atoms with van der Waals surface area (Å²) in [6.07, 6.45) is 0.321. The number of nitrogens with zero attached hydrogens (tertiary/aromatic N) is 1. The highest BCUT2D eigenvalue weighted by Gasteiger charge is 2.04. The van der Waals surface area contributed by atoms with Gasteiger partial charge >= 0.3 is 0 Å². The van der Waals surface area contributed by atoms with Gasteiger partial charge in [0.25, 0.3) is 0 Å². The molecular formula is C15H19N3OS. The van der Waals surface area contributed by atoms with Crippen LogP contribution in [0.25, 0.3) is 0 Å². The quantitative estimate of drug-likeness (QED) is 0.485. The van der Waals surface area contributed by atoms with E-state index in [0.29, 0.717) is 6.42 Å². The maximum absolute atomic E-state index is 11.2. The van der Waals surface area contributed by atoms with Crippen molar-refractivity contribution >= 4 is 17.2 Å². The van der Waals surface area contributed by atoms with Crippen molar-refractivity contribution in [3.05, 3.63) is 57.8 Å². The third kappa shape index (κ3) is 4.45. The van der Waals surface area contributed by atoms with Gasteiger partial charge in [-0.05, 0) is 29.6 Å². The Kier molecular flexibility index (Phi) is 5.29. The molecule has 2 aromatic rings. The Morgan fingerprint density at radius 3 is 2.50 bits per heavy atom. The molecule has 1 amide bonds. The summed E-state index contributed by atoms with van der Waals surface area (Å²) in [4.78, 5) is 14.8. The lowest BCUT2D eigenvalue weighted by molar-refractivity contribution is -0.120. The van der Waals surface area contributed by atoms with Crippen molar-refractivity contribution in [3.8, 4) is 0 Å². The van der Waals surface area contributed by atoms with Gasteiger partial charge in [0.1, 0.15) is 0 Å². The summed E-state index contributed by atoms with van der Waals surface area (Å²) >= 11 is 1.78. The molecule has 0 radical (unpaired) electrons. The summed E-state index contributed by atoms with van der Waals surface area (Å²) in [6, 6.07) is 12.3. The number of thiophene rings is 1. The first-order chi connectivity index (χ1) is 9.67. The standard InChI is InChI=1S/C15H19N3OS/c1-18(11-14-3-2-8-20-14)10-13-6-4-12(5-7-13)9-15(19)17-16/h2-8H,9-11,16H2,1H3,(H,17,19). The summed E-state index contributed by atoms with van der Waals surface area (Å²) < 4.78 is 0. The summed E-state index contributed by atoms with van der Waals surface area (Å²) in [6.45, 7) is 1.84. The molecule has 20 heavy (non-hydrogen) atoms. The zero-order valence-electron chi connectivity index (χ0n) is 11.5. The van der Waals surface area contributed by atoms with Crippen molar-refractivity contribution in [2.75, 3.05) is 7.05 Å². The fraction of sp³-hybridized carbons (Fsp3) is 0.267. The van der Waals surface area contributed by atoms with Crippen molar-refractivity contribution in [2.24, 2.45) is 5.84 Å².